The molecule has 0 amide bonds. The minimum atomic E-state index is -0.855. The Labute approximate surface area is 174 Å². The van der Waals surface area contributed by atoms with Crippen LogP contribution in [-0.4, -0.2) is 18.0 Å². The van der Waals surface area contributed by atoms with E-state index in [2.05, 4.69) is 46.8 Å². The van der Waals surface area contributed by atoms with Crippen LogP contribution < -0.4 is 10.6 Å². The fourth-order valence-corrected chi connectivity index (χ4v) is 3.12. The summed E-state index contributed by atoms with van der Waals surface area (Å²) < 4.78 is 26.4. The topological polar surface area (TPSA) is 49.3 Å². The molecule has 0 aliphatic rings. The van der Waals surface area contributed by atoms with Crippen LogP contribution in [0.3, 0.4) is 0 Å². The molecule has 26 heavy (non-hydrogen) atoms. The van der Waals surface area contributed by atoms with Gasteiger partial charge in [0.2, 0.25) is 0 Å². The molecular weight excluding hydrogens is 469 g/mol. The van der Waals surface area contributed by atoms with Crippen LogP contribution in [-0.2, 0) is 12.0 Å². The summed E-state index contributed by atoms with van der Waals surface area (Å²) in [5, 5.41) is 9.39. The molecular formula is C18H25F2IN4S. The van der Waals surface area contributed by atoms with Gasteiger partial charge in [0.1, 0.15) is 5.01 Å². The molecule has 4 nitrogen and oxygen atoms in total. The zero-order valence-electron chi connectivity index (χ0n) is 15.6. The van der Waals surface area contributed by atoms with Crippen LogP contribution >= 0.6 is 35.3 Å². The van der Waals surface area contributed by atoms with E-state index in [4.69, 9.17) is 0 Å². The second kappa shape index (κ2) is 9.59. The Bertz CT molecular complexity index is 756. The summed E-state index contributed by atoms with van der Waals surface area (Å²) in [6.07, 6.45) is 0. The van der Waals surface area contributed by atoms with Crippen LogP contribution in [0.1, 0.15) is 50.0 Å². The minimum absolute atomic E-state index is 0. The maximum Gasteiger partial charge on any atom is 0.191 e. The average molecular weight is 494 g/mol. The van der Waals surface area contributed by atoms with Crippen molar-refractivity contribution in [3.8, 4) is 0 Å². The molecule has 0 spiro atoms. The highest BCUT2D eigenvalue weighted by molar-refractivity contribution is 14.0. The van der Waals surface area contributed by atoms with Gasteiger partial charge in [-0.05, 0) is 24.6 Å². The number of aromatic nitrogens is 1. The zero-order chi connectivity index (χ0) is 18.6. The Morgan fingerprint density at radius 3 is 2.50 bits per heavy atom. The molecule has 2 N–H and O–H groups in total. The number of rotatable bonds is 4. The van der Waals surface area contributed by atoms with Crippen molar-refractivity contribution in [1.82, 2.24) is 15.6 Å². The van der Waals surface area contributed by atoms with E-state index in [1.165, 1.54) is 6.07 Å². The van der Waals surface area contributed by atoms with E-state index in [0.29, 0.717) is 18.1 Å². The maximum absolute atomic E-state index is 13.4. The van der Waals surface area contributed by atoms with Gasteiger partial charge in [0.15, 0.2) is 17.6 Å². The van der Waals surface area contributed by atoms with Gasteiger partial charge in [-0.1, -0.05) is 26.8 Å². The van der Waals surface area contributed by atoms with Gasteiger partial charge in [0.05, 0.1) is 18.3 Å². The summed E-state index contributed by atoms with van der Waals surface area (Å²) in [4.78, 5) is 8.80. The molecule has 0 saturated heterocycles. The molecule has 0 aliphatic heterocycles. The van der Waals surface area contributed by atoms with Crippen molar-refractivity contribution in [2.75, 3.05) is 7.05 Å². The number of benzene rings is 1. The van der Waals surface area contributed by atoms with E-state index in [1.54, 1.807) is 24.5 Å². The van der Waals surface area contributed by atoms with E-state index in [9.17, 15) is 8.78 Å². The summed E-state index contributed by atoms with van der Waals surface area (Å²) >= 11 is 1.60. The highest BCUT2D eigenvalue weighted by atomic mass is 127. The van der Waals surface area contributed by atoms with E-state index in [0.717, 1.165) is 16.8 Å². The van der Waals surface area contributed by atoms with Gasteiger partial charge in [-0.25, -0.2) is 13.8 Å². The molecule has 0 bridgehead atoms. The molecule has 0 aliphatic carbocycles. The highest BCUT2D eigenvalue weighted by Crippen LogP contribution is 2.23. The first-order valence-electron chi connectivity index (χ1n) is 8.07. The minimum Gasteiger partial charge on any atom is -0.350 e. The lowest BCUT2D eigenvalue weighted by Crippen LogP contribution is -2.38. The van der Waals surface area contributed by atoms with Gasteiger partial charge < -0.3 is 10.6 Å². The molecule has 2 aromatic rings. The Hall–Kier alpha value is -1.29. The monoisotopic (exact) mass is 494 g/mol. The molecule has 2 rings (SSSR count). The van der Waals surface area contributed by atoms with Gasteiger partial charge >= 0.3 is 0 Å². The number of hydrogen-bond donors (Lipinski definition) is 2. The third-order valence-electron chi connectivity index (χ3n) is 3.75. The number of hydrogen-bond acceptors (Lipinski definition) is 3. The Balaban J connectivity index is 0.00000338. The van der Waals surface area contributed by atoms with Crippen LogP contribution in [0, 0.1) is 11.6 Å². The van der Waals surface area contributed by atoms with Crippen LogP contribution in [0.2, 0.25) is 0 Å². The molecule has 144 valence electrons. The number of thiazole rings is 1. The smallest absolute Gasteiger partial charge is 0.191 e. The molecule has 1 aromatic carbocycles. The molecule has 1 heterocycles. The third kappa shape index (κ3) is 6.15. The summed E-state index contributed by atoms with van der Waals surface area (Å²) in [5.74, 6) is -1.13. The fraction of sp³-hybridized carbons (Fsp3) is 0.444. The first kappa shape index (κ1) is 22.8. The summed E-state index contributed by atoms with van der Waals surface area (Å²) in [6.45, 7) is 8.79. The van der Waals surface area contributed by atoms with Crippen LogP contribution in [0.15, 0.2) is 28.6 Å². The number of nitrogens with zero attached hydrogens (tertiary/aromatic N) is 2. The number of halogens is 3. The SMILES string of the molecule is CN=C(NCc1nc(C(C)(C)C)cs1)NC(C)c1ccc(F)c(F)c1.I. The van der Waals surface area contributed by atoms with Crippen molar-refractivity contribution in [3.63, 3.8) is 0 Å². The maximum atomic E-state index is 13.4. The summed E-state index contributed by atoms with van der Waals surface area (Å²) in [6, 6.07) is 3.65. The van der Waals surface area contributed by atoms with Crippen molar-refractivity contribution in [3.05, 3.63) is 51.5 Å². The molecule has 0 saturated carbocycles. The summed E-state index contributed by atoms with van der Waals surface area (Å²) in [5.41, 5.74) is 1.73. The van der Waals surface area contributed by atoms with Crippen molar-refractivity contribution in [2.24, 2.45) is 4.99 Å². The second-order valence-electron chi connectivity index (χ2n) is 6.84. The molecule has 1 aromatic heterocycles. The van der Waals surface area contributed by atoms with Crippen LogP contribution in [0.5, 0.6) is 0 Å². The molecule has 0 fully saturated rings. The Morgan fingerprint density at radius 2 is 1.96 bits per heavy atom. The Morgan fingerprint density at radius 1 is 1.27 bits per heavy atom. The van der Waals surface area contributed by atoms with Crippen molar-refractivity contribution < 1.29 is 8.78 Å². The first-order valence-corrected chi connectivity index (χ1v) is 8.95. The largest absolute Gasteiger partial charge is 0.350 e. The van der Waals surface area contributed by atoms with Gasteiger partial charge in [-0.2, -0.15) is 0 Å². The fourth-order valence-electron chi connectivity index (χ4n) is 2.16. The van der Waals surface area contributed by atoms with Crippen molar-refractivity contribution in [2.45, 2.75) is 45.7 Å². The Kier molecular flexibility index (Phi) is 8.39. The van der Waals surface area contributed by atoms with E-state index >= 15 is 0 Å². The van der Waals surface area contributed by atoms with Crippen molar-refractivity contribution in [1.29, 1.82) is 0 Å². The summed E-state index contributed by atoms with van der Waals surface area (Å²) in [7, 11) is 1.66. The predicted octanol–water partition coefficient (Wildman–Crippen LogP) is 4.76. The van der Waals surface area contributed by atoms with E-state index in [-0.39, 0.29) is 35.4 Å². The molecule has 1 unspecified atom stereocenters. The van der Waals surface area contributed by atoms with Gasteiger partial charge in [-0.15, -0.1) is 35.3 Å². The van der Waals surface area contributed by atoms with E-state index in [1.807, 2.05) is 6.92 Å². The first-order chi connectivity index (χ1) is 11.7. The van der Waals surface area contributed by atoms with Gasteiger partial charge in [0, 0.05) is 17.8 Å². The normalized spacial score (nSPS) is 13.1. The third-order valence-corrected chi connectivity index (χ3v) is 4.60. The molecule has 0 radical (unpaired) electrons. The molecule has 8 heteroatoms. The second-order valence-corrected chi connectivity index (χ2v) is 7.78. The number of guanidine groups is 1. The predicted molar refractivity (Wildman–Crippen MR) is 114 cm³/mol. The van der Waals surface area contributed by atoms with Gasteiger partial charge in [0.25, 0.3) is 0 Å². The number of aliphatic imine (C=N–C) groups is 1. The molecule has 1 atom stereocenters. The zero-order valence-corrected chi connectivity index (χ0v) is 18.7. The van der Waals surface area contributed by atoms with Crippen LogP contribution in [0.4, 0.5) is 8.78 Å². The van der Waals surface area contributed by atoms with E-state index < -0.39 is 11.6 Å². The lowest BCUT2D eigenvalue weighted by molar-refractivity contribution is 0.504. The van der Waals surface area contributed by atoms with Crippen LogP contribution in [0.25, 0.3) is 0 Å². The lowest BCUT2D eigenvalue weighted by atomic mass is 9.93. The number of nitrogens with one attached hydrogen (secondary N) is 2. The van der Waals surface area contributed by atoms with Crippen molar-refractivity contribution >= 4 is 41.3 Å². The average Bonchev–Trinajstić information content (AvgIpc) is 3.03. The quantitative estimate of drug-likeness (QED) is 0.366. The standard InChI is InChI=1S/C18H24F2N4S.HI/c1-11(12-6-7-13(19)14(20)8-12)23-17(21-5)22-9-16-24-15(10-25-16)18(2,3)4;/h6-8,10-11H,9H2,1-5H3,(H2,21,22,23);1H. The lowest BCUT2D eigenvalue weighted by Gasteiger charge is -2.18. The highest BCUT2D eigenvalue weighted by Gasteiger charge is 2.17. The van der Waals surface area contributed by atoms with Gasteiger partial charge in [-0.3, -0.25) is 4.99 Å².